The summed E-state index contributed by atoms with van der Waals surface area (Å²) < 4.78 is 9.17. The molecule has 4 aromatic heterocycles. The molecule has 4 heterocycles. The predicted molar refractivity (Wildman–Crippen MR) is 86.1 cm³/mol. The zero-order valence-corrected chi connectivity index (χ0v) is 12.5. The Kier molecular flexibility index (Phi) is 10.7. The van der Waals surface area contributed by atoms with Crippen LogP contribution in [0.25, 0.3) is 0 Å². The summed E-state index contributed by atoms with van der Waals surface area (Å²) in [5, 5.41) is 8.17. The van der Waals surface area contributed by atoms with Gasteiger partial charge in [0.25, 0.3) is 0 Å². The van der Waals surface area contributed by atoms with Gasteiger partial charge in [0.05, 0.1) is 25.1 Å². The summed E-state index contributed by atoms with van der Waals surface area (Å²) in [4.78, 5) is 0. The van der Waals surface area contributed by atoms with Gasteiger partial charge in [-0.1, -0.05) is 24.3 Å². The fourth-order valence-electron chi connectivity index (χ4n) is 0.907. The third kappa shape index (κ3) is 11.1. The fraction of sp³-hybridized carbons (Fsp3) is 0. The number of rotatable bonds is 0. The first-order valence-corrected chi connectivity index (χ1v) is 7.77. The Morgan fingerprint density at radius 2 is 0.700 bits per heavy atom. The van der Waals surface area contributed by atoms with E-state index in [1.807, 2.05) is 70.1 Å². The van der Waals surface area contributed by atoms with Gasteiger partial charge < -0.3 is 8.83 Å². The molecule has 0 unspecified atom stereocenters. The van der Waals surface area contributed by atoms with Crippen LogP contribution in [0.15, 0.2) is 104 Å². The molecule has 0 atom stereocenters. The lowest BCUT2D eigenvalue weighted by Crippen LogP contribution is -1.16. The molecule has 104 valence electrons. The van der Waals surface area contributed by atoms with E-state index in [0.29, 0.717) is 0 Å². The van der Waals surface area contributed by atoms with Gasteiger partial charge in [0.2, 0.25) is 0 Å². The van der Waals surface area contributed by atoms with Crippen molar-refractivity contribution in [2.45, 2.75) is 0 Å². The van der Waals surface area contributed by atoms with Crippen molar-refractivity contribution in [3.05, 3.63) is 95.1 Å². The van der Waals surface area contributed by atoms with Crippen LogP contribution in [0, 0.1) is 0 Å². The first-order valence-electron chi connectivity index (χ1n) is 5.89. The van der Waals surface area contributed by atoms with Crippen molar-refractivity contribution in [1.29, 1.82) is 0 Å². The van der Waals surface area contributed by atoms with Crippen LogP contribution in [0.2, 0.25) is 0 Å². The van der Waals surface area contributed by atoms with Crippen molar-refractivity contribution in [2.24, 2.45) is 0 Å². The maximum absolute atomic E-state index is 4.58. The molecule has 0 saturated heterocycles. The third-order valence-electron chi connectivity index (χ3n) is 1.70. The number of hydrogen-bond acceptors (Lipinski definition) is 4. The quantitative estimate of drug-likeness (QED) is 0.395. The summed E-state index contributed by atoms with van der Waals surface area (Å²) in [6.45, 7) is 0. The molecular formula is C16H16O2S2. The SMILES string of the molecule is c1ccoc1.c1ccoc1.c1ccsc1.c1ccsc1. The zero-order valence-electron chi connectivity index (χ0n) is 10.9. The Morgan fingerprint density at radius 3 is 0.800 bits per heavy atom. The lowest BCUT2D eigenvalue weighted by molar-refractivity contribution is 0.567. The molecule has 0 aliphatic heterocycles. The van der Waals surface area contributed by atoms with Crippen LogP contribution in [0.5, 0.6) is 0 Å². The van der Waals surface area contributed by atoms with Gasteiger partial charge in [0, 0.05) is 0 Å². The fourth-order valence-corrected chi connectivity index (χ4v) is 1.81. The van der Waals surface area contributed by atoms with Crippen molar-refractivity contribution in [1.82, 2.24) is 0 Å². The highest BCUT2D eigenvalue weighted by Gasteiger charge is 1.60. The van der Waals surface area contributed by atoms with E-state index in [4.69, 9.17) is 0 Å². The summed E-state index contributed by atoms with van der Waals surface area (Å²) in [6, 6.07) is 15.4. The lowest BCUT2D eigenvalue weighted by Gasteiger charge is -1.50. The molecule has 0 spiro atoms. The smallest absolute Gasteiger partial charge is 0.0902 e. The molecule has 0 N–H and O–H groups in total. The molecule has 0 saturated carbocycles. The van der Waals surface area contributed by atoms with Crippen LogP contribution in [0.3, 0.4) is 0 Å². The molecule has 0 radical (unpaired) electrons. The Balaban J connectivity index is 0.000000133. The lowest BCUT2D eigenvalue weighted by atomic mass is 10.7. The molecule has 0 aliphatic rings. The molecule has 0 aliphatic carbocycles. The molecular weight excluding hydrogens is 288 g/mol. The second-order valence-electron chi connectivity index (χ2n) is 3.17. The van der Waals surface area contributed by atoms with Crippen molar-refractivity contribution < 1.29 is 8.83 Å². The minimum Gasteiger partial charge on any atom is -0.473 e. The highest BCUT2D eigenvalue weighted by Crippen LogP contribution is 1.92. The van der Waals surface area contributed by atoms with Crippen LogP contribution >= 0.6 is 22.7 Å². The average Bonchev–Trinajstić information content (AvgIpc) is 3.40. The van der Waals surface area contributed by atoms with Gasteiger partial charge in [0.1, 0.15) is 0 Å². The van der Waals surface area contributed by atoms with E-state index in [-0.39, 0.29) is 0 Å². The van der Waals surface area contributed by atoms with Crippen LogP contribution < -0.4 is 0 Å². The minimum atomic E-state index is 1.62. The number of furan rings is 2. The van der Waals surface area contributed by atoms with E-state index in [0.717, 1.165) is 0 Å². The molecule has 4 aromatic rings. The number of hydrogen-bond donors (Lipinski definition) is 0. The van der Waals surface area contributed by atoms with Gasteiger partial charge in [-0.15, -0.1) is 0 Å². The van der Waals surface area contributed by atoms with Crippen LogP contribution in [-0.2, 0) is 0 Å². The minimum absolute atomic E-state index is 1.62. The van der Waals surface area contributed by atoms with E-state index in [2.05, 4.69) is 8.83 Å². The number of thiophene rings is 2. The summed E-state index contributed by atoms with van der Waals surface area (Å²) >= 11 is 3.43. The van der Waals surface area contributed by atoms with E-state index in [1.54, 1.807) is 47.7 Å². The molecule has 2 nitrogen and oxygen atoms in total. The van der Waals surface area contributed by atoms with Crippen LogP contribution in [0.1, 0.15) is 0 Å². The summed E-state index contributed by atoms with van der Waals surface area (Å²) in [6.07, 6.45) is 6.50. The Morgan fingerprint density at radius 1 is 0.400 bits per heavy atom. The van der Waals surface area contributed by atoms with Crippen molar-refractivity contribution in [3.8, 4) is 0 Å². The summed E-state index contributed by atoms with van der Waals surface area (Å²) in [5.41, 5.74) is 0. The van der Waals surface area contributed by atoms with Gasteiger partial charge in [0.15, 0.2) is 0 Å². The first kappa shape index (κ1) is 16.0. The van der Waals surface area contributed by atoms with Gasteiger partial charge in [-0.25, -0.2) is 0 Å². The molecule has 20 heavy (non-hydrogen) atoms. The van der Waals surface area contributed by atoms with E-state index in [9.17, 15) is 0 Å². The van der Waals surface area contributed by atoms with Gasteiger partial charge >= 0.3 is 0 Å². The Hall–Kier alpha value is -2.04. The average molecular weight is 304 g/mol. The molecule has 0 amide bonds. The first-order chi connectivity index (χ1) is 10.0. The Labute approximate surface area is 126 Å². The topological polar surface area (TPSA) is 26.3 Å². The summed E-state index contributed by atoms with van der Waals surface area (Å²) in [7, 11) is 0. The van der Waals surface area contributed by atoms with Gasteiger partial charge in [-0.2, -0.15) is 22.7 Å². The van der Waals surface area contributed by atoms with Crippen molar-refractivity contribution >= 4 is 22.7 Å². The van der Waals surface area contributed by atoms with Gasteiger partial charge in [-0.3, -0.25) is 0 Å². The van der Waals surface area contributed by atoms with Crippen molar-refractivity contribution in [2.75, 3.05) is 0 Å². The zero-order chi connectivity index (χ0) is 14.1. The maximum Gasteiger partial charge on any atom is 0.0902 e. The van der Waals surface area contributed by atoms with E-state index >= 15 is 0 Å². The largest absolute Gasteiger partial charge is 0.473 e. The molecule has 0 fully saturated rings. The predicted octanol–water partition coefficient (Wildman–Crippen LogP) is 6.06. The normalized spacial score (nSPS) is 8.00. The highest BCUT2D eigenvalue weighted by atomic mass is 32.1. The van der Waals surface area contributed by atoms with Crippen molar-refractivity contribution in [3.63, 3.8) is 0 Å². The highest BCUT2D eigenvalue weighted by molar-refractivity contribution is 7.08. The van der Waals surface area contributed by atoms with Gasteiger partial charge in [-0.05, 0) is 45.8 Å². The van der Waals surface area contributed by atoms with Crippen LogP contribution in [0.4, 0.5) is 0 Å². The molecule has 4 heteroatoms. The third-order valence-corrected chi connectivity index (χ3v) is 2.96. The monoisotopic (exact) mass is 304 g/mol. The molecule has 0 aromatic carbocycles. The molecule has 0 bridgehead atoms. The van der Waals surface area contributed by atoms with E-state index in [1.165, 1.54) is 0 Å². The van der Waals surface area contributed by atoms with E-state index < -0.39 is 0 Å². The molecule has 4 rings (SSSR count). The summed E-state index contributed by atoms with van der Waals surface area (Å²) in [5.74, 6) is 0. The second kappa shape index (κ2) is 13.4. The Bertz CT molecular complexity index is 349. The second-order valence-corrected chi connectivity index (χ2v) is 4.81. The standard InChI is InChI=1S/2C4H4O.2C4H4S/c4*1-2-4-5-3-1/h4*1-4H. The van der Waals surface area contributed by atoms with Crippen LogP contribution in [-0.4, -0.2) is 0 Å². The maximum atomic E-state index is 4.58.